The summed E-state index contributed by atoms with van der Waals surface area (Å²) in [6.07, 6.45) is 2.56. The van der Waals surface area contributed by atoms with Crippen LogP contribution in [0, 0.1) is 31.4 Å². The molecule has 5 nitrogen and oxygen atoms in total. The molecular weight excluding hydrogens is 498 g/mol. The summed E-state index contributed by atoms with van der Waals surface area (Å²) in [6.45, 7) is 5.01. The van der Waals surface area contributed by atoms with Crippen LogP contribution in [0.4, 0.5) is 13.6 Å². The normalized spacial score (nSPS) is 15.8. The number of rotatable bonds is 12. The van der Waals surface area contributed by atoms with Crippen LogP contribution in [0.3, 0.4) is 0 Å². The molecule has 0 unspecified atom stereocenters. The maximum absolute atomic E-state index is 14.3. The highest BCUT2D eigenvalue weighted by Gasteiger charge is 2.40. The van der Waals surface area contributed by atoms with Gasteiger partial charge in [0.1, 0.15) is 18.2 Å². The van der Waals surface area contributed by atoms with Gasteiger partial charge in [0.05, 0.1) is 6.04 Å². The zero-order valence-corrected chi connectivity index (χ0v) is 22.6. The van der Waals surface area contributed by atoms with Gasteiger partial charge in [-0.2, -0.15) is 0 Å². The summed E-state index contributed by atoms with van der Waals surface area (Å²) in [5.41, 5.74) is 4.01. The van der Waals surface area contributed by atoms with Gasteiger partial charge in [-0.3, -0.25) is 4.79 Å². The lowest BCUT2D eigenvalue weighted by Crippen LogP contribution is -2.44. The molecule has 2 amide bonds. The Morgan fingerprint density at radius 3 is 2.36 bits per heavy atom. The van der Waals surface area contributed by atoms with E-state index in [9.17, 15) is 18.4 Å². The van der Waals surface area contributed by atoms with Crippen LogP contribution in [0.1, 0.15) is 47.1 Å². The molecule has 1 heterocycles. The third kappa shape index (κ3) is 7.73. The first-order valence-corrected chi connectivity index (χ1v) is 13.6. The van der Waals surface area contributed by atoms with Crippen molar-refractivity contribution in [1.29, 1.82) is 0 Å². The summed E-state index contributed by atoms with van der Waals surface area (Å²) < 4.78 is 32.7. The SMILES string of the molecule is Cc1cc(C[C@H](CCCCNCc2ccc(F)cc2)C(=O)N2C(=O)OC[C@H]2Cc2ccccc2)cc(C)c1F. The molecule has 0 radical (unpaired) electrons. The number of benzene rings is 3. The molecule has 1 fully saturated rings. The molecule has 0 aliphatic carbocycles. The van der Waals surface area contributed by atoms with Crippen LogP contribution in [-0.2, 0) is 28.9 Å². The molecule has 39 heavy (non-hydrogen) atoms. The van der Waals surface area contributed by atoms with Gasteiger partial charge in [0.2, 0.25) is 5.91 Å². The van der Waals surface area contributed by atoms with Crippen molar-refractivity contribution in [2.24, 2.45) is 5.92 Å². The molecule has 1 aliphatic heterocycles. The van der Waals surface area contributed by atoms with Crippen molar-refractivity contribution in [3.05, 3.63) is 106 Å². The fourth-order valence-corrected chi connectivity index (χ4v) is 5.19. The van der Waals surface area contributed by atoms with Gasteiger partial charge in [-0.15, -0.1) is 0 Å². The lowest BCUT2D eigenvalue weighted by molar-refractivity contribution is -0.133. The number of aryl methyl sites for hydroxylation is 2. The second kappa shape index (κ2) is 13.5. The van der Waals surface area contributed by atoms with E-state index >= 15 is 0 Å². The van der Waals surface area contributed by atoms with Crippen LogP contribution in [0.5, 0.6) is 0 Å². The summed E-state index contributed by atoms with van der Waals surface area (Å²) in [4.78, 5) is 27.8. The predicted octanol–water partition coefficient (Wildman–Crippen LogP) is 6.29. The van der Waals surface area contributed by atoms with Crippen molar-refractivity contribution >= 4 is 12.0 Å². The highest BCUT2D eigenvalue weighted by Crippen LogP contribution is 2.26. The number of nitrogens with zero attached hydrogens (tertiary/aromatic N) is 1. The van der Waals surface area contributed by atoms with Crippen LogP contribution in [0.2, 0.25) is 0 Å². The Morgan fingerprint density at radius 1 is 0.974 bits per heavy atom. The summed E-state index contributed by atoms with van der Waals surface area (Å²) in [5.74, 6) is -1.17. The van der Waals surface area contributed by atoms with Gasteiger partial charge < -0.3 is 10.1 Å². The molecular formula is C32H36F2N2O3. The summed E-state index contributed by atoms with van der Waals surface area (Å²) in [5, 5.41) is 3.36. The van der Waals surface area contributed by atoms with Crippen molar-refractivity contribution in [2.45, 2.75) is 58.5 Å². The fourth-order valence-electron chi connectivity index (χ4n) is 5.19. The average Bonchev–Trinajstić information content (AvgIpc) is 3.29. The molecule has 1 N–H and O–H groups in total. The van der Waals surface area contributed by atoms with Crippen molar-refractivity contribution in [2.75, 3.05) is 13.2 Å². The number of carbonyl (C=O) groups is 2. The quantitative estimate of drug-likeness (QED) is 0.278. The highest BCUT2D eigenvalue weighted by molar-refractivity contribution is 5.95. The first-order chi connectivity index (χ1) is 18.8. The molecule has 0 saturated carbocycles. The van der Waals surface area contributed by atoms with E-state index in [0.717, 1.165) is 36.1 Å². The Balaban J connectivity index is 1.41. The van der Waals surface area contributed by atoms with Crippen molar-refractivity contribution < 1.29 is 23.1 Å². The highest BCUT2D eigenvalue weighted by atomic mass is 19.1. The Morgan fingerprint density at radius 2 is 1.67 bits per heavy atom. The summed E-state index contributed by atoms with van der Waals surface area (Å²) in [6, 6.07) is 19.4. The van der Waals surface area contributed by atoms with E-state index < -0.39 is 12.0 Å². The van der Waals surface area contributed by atoms with E-state index in [0.29, 0.717) is 36.9 Å². The van der Waals surface area contributed by atoms with Crippen molar-refractivity contribution in [3.8, 4) is 0 Å². The lowest BCUT2D eigenvalue weighted by atomic mass is 9.90. The molecule has 2 atom stereocenters. The maximum atomic E-state index is 14.3. The molecule has 4 rings (SSSR count). The van der Waals surface area contributed by atoms with Gasteiger partial charge in [0.15, 0.2) is 0 Å². The smallest absolute Gasteiger partial charge is 0.416 e. The number of imide groups is 1. The number of hydrogen-bond donors (Lipinski definition) is 1. The molecule has 3 aromatic carbocycles. The minimum absolute atomic E-state index is 0.175. The number of unbranched alkanes of at least 4 members (excludes halogenated alkanes) is 1. The molecule has 1 saturated heterocycles. The Kier molecular flexibility index (Phi) is 9.82. The number of amides is 2. The minimum Gasteiger partial charge on any atom is -0.447 e. The molecule has 0 bridgehead atoms. The average molecular weight is 535 g/mol. The van der Waals surface area contributed by atoms with E-state index in [1.165, 1.54) is 17.0 Å². The molecule has 1 aliphatic rings. The molecule has 206 valence electrons. The van der Waals surface area contributed by atoms with E-state index in [-0.39, 0.29) is 30.2 Å². The maximum Gasteiger partial charge on any atom is 0.416 e. The second-order valence-corrected chi connectivity index (χ2v) is 10.4. The topological polar surface area (TPSA) is 58.6 Å². The summed E-state index contributed by atoms with van der Waals surface area (Å²) >= 11 is 0. The number of ether oxygens (including phenoxy) is 1. The summed E-state index contributed by atoms with van der Waals surface area (Å²) in [7, 11) is 0. The molecule has 7 heteroatoms. The van der Waals surface area contributed by atoms with Gasteiger partial charge in [0.25, 0.3) is 0 Å². The third-order valence-electron chi connectivity index (χ3n) is 7.24. The Bertz CT molecular complexity index is 1240. The zero-order chi connectivity index (χ0) is 27.8. The Labute approximate surface area is 229 Å². The van der Waals surface area contributed by atoms with E-state index in [2.05, 4.69) is 5.32 Å². The first kappa shape index (κ1) is 28.4. The van der Waals surface area contributed by atoms with Gasteiger partial charge in [-0.25, -0.2) is 18.5 Å². The van der Waals surface area contributed by atoms with Gasteiger partial charge >= 0.3 is 6.09 Å². The van der Waals surface area contributed by atoms with Gasteiger partial charge in [-0.05, 0) is 86.0 Å². The lowest BCUT2D eigenvalue weighted by Gasteiger charge is -2.25. The number of halogens is 2. The van der Waals surface area contributed by atoms with Crippen molar-refractivity contribution in [3.63, 3.8) is 0 Å². The van der Waals surface area contributed by atoms with Crippen LogP contribution in [0.25, 0.3) is 0 Å². The van der Waals surface area contributed by atoms with Crippen molar-refractivity contribution in [1.82, 2.24) is 10.2 Å². The van der Waals surface area contributed by atoms with E-state index in [1.807, 2.05) is 30.3 Å². The Hall–Kier alpha value is -3.58. The van der Waals surface area contributed by atoms with Crippen LogP contribution >= 0.6 is 0 Å². The first-order valence-electron chi connectivity index (χ1n) is 13.6. The van der Waals surface area contributed by atoms with Gasteiger partial charge in [-0.1, -0.05) is 61.0 Å². The minimum atomic E-state index is -0.599. The number of nitrogens with one attached hydrogen (secondary N) is 1. The van der Waals surface area contributed by atoms with Crippen LogP contribution < -0.4 is 5.32 Å². The van der Waals surface area contributed by atoms with Gasteiger partial charge in [0, 0.05) is 12.5 Å². The number of cyclic esters (lactones) is 1. The van der Waals surface area contributed by atoms with Crippen LogP contribution in [0.15, 0.2) is 66.7 Å². The molecule has 0 aromatic heterocycles. The standard InChI is InChI=1S/C32H36F2N2O3/c1-22-16-26(17-23(2)30(22)34)18-27(10-6-7-15-35-20-25-11-13-28(33)14-12-25)31(37)36-29(21-39-32(36)38)19-24-8-4-3-5-9-24/h3-5,8-9,11-14,16-17,27,29,35H,6-7,10,15,18-21H2,1-2H3/t27-,29+/m0/s1. The third-order valence-corrected chi connectivity index (χ3v) is 7.24. The van der Waals surface area contributed by atoms with Crippen LogP contribution in [-0.4, -0.2) is 36.1 Å². The largest absolute Gasteiger partial charge is 0.447 e. The number of carbonyl (C=O) groups excluding carboxylic acids is 2. The van der Waals surface area contributed by atoms with E-state index in [1.54, 1.807) is 38.1 Å². The monoisotopic (exact) mass is 534 g/mol. The predicted molar refractivity (Wildman–Crippen MR) is 147 cm³/mol. The molecule has 0 spiro atoms. The van der Waals surface area contributed by atoms with E-state index in [4.69, 9.17) is 4.74 Å². The fraction of sp³-hybridized carbons (Fsp3) is 0.375. The zero-order valence-electron chi connectivity index (χ0n) is 22.6. The molecule has 3 aromatic rings. The second-order valence-electron chi connectivity index (χ2n) is 10.4. The number of hydrogen-bond acceptors (Lipinski definition) is 4.